The van der Waals surface area contributed by atoms with Crippen LogP contribution in [0.5, 0.6) is 0 Å². The molecule has 0 radical (unpaired) electrons. The quantitative estimate of drug-likeness (QED) is 0.652. The van der Waals surface area contributed by atoms with Crippen molar-refractivity contribution in [1.29, 1.82) is 0 Å². The van der Waals surface area contributed by atoms with Gasteiger partial charge in [0.05, 0.1) is 6.10 Å². The van der Waals surface area contributed by atoms with Crippen LogP contribution < -0.4 is 0 Å². The highest BCUT2D eigenvalue weighted by Crippen LogP contribution is 2.44. The highest BCUT2D eigenvalue weighted by molar-refractivity contribution is 6.74. The Labute approximate surface area is 130 Å². The predicted octanol–water partition coefficient (Wildman–Crippen LogP) is 4.61. The third-order valence-corrected chi connectivity index (χ3v) is 9.59. The van der Waals surface area contributed by atoms with Crippen LogP contribution in [0.3, 0.4) is 0 Å². The fourth-order valence-electron chi connectivity index (χ4n) is 2.62. The minimum Gasteiger partial charge on any atom is -0.410 e. The molecule has 1 N–H and O–H groups in total. The molecule has 21 heavy (non-hydrogen) atoms. The van der Waals surface area contributed by atoms with E-state index < -0.39 is 13.9 Å². The standard InChI is InChI=1S/C18H28O2Si/c1-14-12-16(20-21(5,6)17(2,3)4)13-18(14,19)15-10-8-7-9-11-15/h7-12,16,19H,13H2,1-6H3/t16-,18-/m1/s1. The second-order valence-corrected chi connectivity index (χ2v) is 12.5. The minimum atomic E-state index is -1.82. The Morgan fingerprint density at radius 3 is 2.29 bits per heavy atom. The average molecular weight is 305 g/mol. The van der Waals surface area contributed by atoms with Crippen molar-refractivity contribution in [3.05, 3.63) is 47.5 Å². The lowest BCUT2D eigenvalue weighted by Crippen LogP contribution is -2.43. The number of benzene rings is 1. The normalized spacial score (nSPS) is 26.8. The SMILES string of the molecule is CC1=C[C@@H](O[Si](C)(C)C(C)(C)C)C[C@]1(O)c1ccccc1. The van der Waals surface area contributed by atoms with Crippen LogP contribution in [0.2, 0.25) is 18.1 Å². The van der Waals surface area contributed by atoms with E-state index in [2.05, 4.69) is 39.9 Å². The van der Waals surface area contributed by atoms with Crippen molar-refractivity contribution >= 4 is 8.32 Å². The fraction of sp³-hybridized carbons (Fsp3) is 0.556. The van der Waals surface area contributed by atoms with Gasteiger partial charge in [0.2, 0.25) is 0 Å². The molecule has 1 aromatic rings. The maximum absolute atomic E-state index is 11.1. The minimum absolute atomic E-state index is 0.0103. The first-order valence-corrected chi connectivity index (χ1v) is 10.6. The zero-order valence-electron chi connectivity index (χ0n) is 14.1. The summed E-state index contributed by atoms with van der Waals surface area (Å²) in [5.41, 5.74) is 1.08. The van der Waals surface area contributed by atoms with E-state index in [9.17, 15) is 5.11 Å². The Bertz CT molecular complexity index is 528. The maximum atomic E-state index is 11.1. The zero-order chi connectivity index (χ0) is 15.9. The summed E-state index contributed by atoms with van der Waals surface area (Å²) in [6, 6.07) is 9.91. The summed E-state index contributed by atoms with van der Waals surface area (Å²) in [5, 5.41) is 11.3. The van der Waals surface area contributed by atoms with Crippen LogP contribution in [-0.2, 0) is 10.0 Å². The lowest BCUT2D eigenvalue weighted by Gasteiger charge is -2.38. The molecule has 1 aliphatic carbocycles. The summed E-state index contributed by atoms with van der Waals surface area (Å²) in [7, 11) is -1.82. The summed E-state index contributed by atoms with van der Waals surface area (Å²) in [6.45, 7) is 13.3. The van der Waals surface area contributed by atoms with Gasteiger partial charge in [-0.3, -0.25) is 0 Å². The number of hydrogen-bond donors (Lipinski definition) is 1. The van der Waals surface area contributed by atoms with E-state index in [1.54, 1.807) is 0 Å². The average Bonchev–Trinajstić information content (AvgIpc) is 2.64. The topological polar surface area (TPSA) is 29.5 Å². The van der Waals surface area contributed by atoms with Crippen molar-refractivity contribution in [1.82, 2.24) is 0 Å². The highest BCUT2D eigenvalue weighted by atomic mass is 28.4. The molecular weight excluding hydrogens is 276 g/mol. The van der Waals surface area contributed by atoms with Crippen molar-refractivity contribution in [2.75, 3.05) is 0 Å². The molecule has 2 rings (SSSR count). The van der Waals surface area contributed by atoms with E-state index in [4.69, 9.17) is 4.43 Å². The molecule has 3 heteroatoms. The molecule has 0 fully saturated rings. The van der Waals surface area contributed by atoms with Crippen LogP contribution in [0.25, 0.3) is 0 Å². The molecular formula is C18H28O2Si. The third kappa shape index (κ3) is 3.15. The van der Waals surface area contributed by atoms with E-state index in [1.165, 1.54) is 0 Å². The van der Waals surface area contributed by atoms with Gasteiger partial charge in [-0.25, -0.2) is 0 Å². The summed E-state index contributed by atoms with van der Waals surface area (Å²) in [5.74, 6) is 0. The van der Waals surface area contributed by atoms with Crippen molar-refractivity contribution < 1.29 is 9.53 Å². The Kier molecular flexibility index (Phi) is 4.22. The third-order valence-electron chi connectivity index (χ3n) is 5.09. The number of rotatable bonds is 3. The number of aliphatic hydroxyl groups is 1. The Hall–Kier alpha value is -0.903. The number of hydrogen-bond acceptors (Lipinski definition) is 2. The first-order valence-electron chi connectivity index (χ1n) is 7.71. The van der Waals surface area contributed by atoms with E-state index in [1.807, 2.05) is 37.3 Å². The van der Waals surface area contributed by atoms with Crippen LogP contribution in [0.15, 0.2) is 42.0 Å². The molecule has 2 atom stereocenters. The first-order chi connectivity index (χ1) is 9.56. The zero-order valence-corrected chi connectivity index (χ0v) is 15.1. The van der Waals surface area contributed by atoms with E-state index in [0.29, 0.717) is 6.42 Å². The second kappa shape index (κ2) is 5.38. The van der Waals surface area contributed by atoms with Gasteiger partial charge in [0.15, 0.2) is 8.32 Å². The second-order valence-electron chi connectivity index (χ2n) is 7.70. The van der Waals surface area contributed by atoms with E-state index >= 15 is 0 Å². The molecule has 0 spiro atoms. The molecule has 2 nitrogen and oxygen atoms in total. The molecule has 0 saturated heterocycles. The van der Waals surface area contributed by atoms with Crippen LogP contribution >= 0.6 is 0 Å². The van der Waals surface area contributed by atoms with Gasteiger partial charge in [0.25, 0.3) is 0 Å². The van der Waals surface area contributed by atoms with Gasteiger partial charge in [-0.05, 0) is 36.2 Å². The van der Waals surface area contributed by atoms with Crippen molar-refractivity contribution in [3.8, 4) is 0 Å². The predicted molar refractivity (Wildman–Crippen MR) is 90.8 cm³/mol. The molecule has 0 unspecified atom stereocenters. The summed E-state index contributed by atoms with van der Waals surface area (Å²) < 4.78 is 6.45. The van der Waals surface area contributed by atoms with Gasteiger partial charge in [0, 0.05) is 6.42 Å². The molecule has 0 heterocycles. The van der Waals surface area contributed by atoms with Gasteiger partial charge in [0.1, 0.15) is 5.60 Å². The van der Waals surface area contributed by atoms with Crippen molar-refractivity contribution in [3.63, 3.8) is 0 Å². The van der Waals surface area contributed by atoms with Gasteiger partial charge in [-0.2, -0.15) is 0 Å². The van der Waals surface area contributed by atoms with Crippen molar-refractivity contribution in [2.24, 2.45) is 0 Å². The lowest BCUT2D eigenvalue weighted by molar-refractivity contribution is 0.0495. The van der Waals surface area contributed by atoms with Gasteiger partial charge < -0.3 is 9.53 Å². The van der Waals surface area contributed by atoms with Crippen LogP contribution in [0.4, 0.5) is 0 Å². The van der Waals surface area contributed by atoms with E-state index in [0.717, 1.165) is 11.1 Å². The molecule has 116 valence electrons. The highest BCUT2D eigenvalue weighted by Gasteiger charge is 2.44. The molecule has 0 bridgehead atoms. The Morgan fingerprint density at radius 2 is 1.76 bits per heavy atom. The van der Waals surface area contributed by atoms with Gasteiger partial charge >= 0.3 is 0 Å². The van der Waals surface area contributed by atoms with Crippen LogP contribution in [0, 0.1) is 0 Å². The summed E-state index contributed by atoms with van der Waals surface area (Å²) in [4.78, 5) is 0. The van der Waals surface area contributed by atoms with Gasteiger partial charge in [-0.1, -0.05) is 57.2 Å². The molecule has 1 aromatic carbocycles. The summed E-state index contributed by atoms with van der Waals surface area (Å²) in [6.07, 6.45) is 2.74. The Balaban J connectivity index is 2.19. The Morgan fingerprint density at radius 1 is 1.19 bits per heavy atom. The fourth-order valence-corrected chi connectivity index (χ4v) is 3.88. The maximum Gasteiger partial charge on any atom is 0.192 e. The molecule has 0 aliphatic heterocycles. The summed E-state index contributed by atoms with van der Waals surface area (Å²) >= 11 is 0. The van der Waals surface area contributed by atoms with Crippen molar-refractivity contribution in [2.45, 2.75) is 64.0 Å². The lowest BCUT2D eigenvalue weighted by atomic mass is 9.88. The largest absolute Gasteiger partial charge is 0.410 e. The first kappa shape index (κ1) is 16.5. The van der Waals surface area contributed by atoms with Crippen LogP contribution in [-0.4, -0.2) is 19.5 Å². The molecule has 1 aliphatic rings. The van der Waals surface area contributed by atoms with Crippen LogP contribution in [0.1, 0.15) is 39.7 Å². The monoisotopic (exact) mass is 304 g/mol. The van der Waals surface area contributed by atoms with E-state index in [-0.39, 0.29) is 11.1 Å². The molecule has 0 saturated carbocycles. The smallest absolute Gasteiger partial charge is 0.192 e. The molecule has 0 amide bonds. The molecule has 0 aromatic heterocycles. The van der Waals surface area contributed by atoms with Gasteiger partial charge in [-0.15, -0.1) is 0 Å².